The van der Waals surface area contributed by atoms with Gasteiger partial charge in [-0.25, -0.2) is 13.4 Å². The van der Waals surface area contributed by atoms with Crippen LogP contribution in [0.5, 0.6) is 0 Å². The molecule has 0 spiro atoms. The highest BCUT2D eigenvalue weighted by atomic mass is 32.2. The Kier molecular flexibility index (Phi) is 6.24. The van der Waals surface area contributed by atoms with E-state index in [0.29, 0.717) is 31.4 Å². The molecule has 0 atom stereocenters. The Morgan fingerprint density at radius 3 is 2.50 bits per heavy atom. The van der Waals surface area contributed by atoms with Gasteiger partial charge in [0.2, 0.25) is 15.2 Å². The van der Waals surface area contributed by atoms with Gasteiger partial charge in [-0.2, -0.15) is 9.41 Å². The van der Waals surface area contributed by atoms with Gasteiger partial charge in [0.05, 0.1) is 30.0 Å². The number of rotatable bonds is 6. The standard InChI is InChI=1S/C21H22N4O3S2/c1-16-2-4-17(5-3-16)14-22-24-21-23-20(15-29-21)18-6-8-19(9-7-18)30(26,27)25-10-12-28-13-11-25/h2-9,14-15H,10-13H2,1H3,(H,23,24). The van der Waals surface area contributed by atoms with E-state index in [2.05, 4.69) is 15.5 Å². The minimum Gasteiger partial charge on any atom is -0.379 e. The summed E-state index contributed by atoms with van der Waals surface area (Å²) in [5.41, 5.74) is 6.76. The molecule has 2 heterocycles. The Morgan fingerprint density at radius 1 is 1.10 bits per heavy atom. The predicted molar refractivity (Wildman–Crippen MR) is 120 cm³/mol. The molecule has 0 radical (unpaired) electrons. The molecule has 1 saturated heterocycles. The van der Waals surface area contributed by atoms with Crippen molar-refractivity contribution in [1.29, 1.82) is 0 Å². The van der Waals surface area contributed by atoms with Crippen molar-refractivity contribution >= 4 is 32.7 Å². The zero-order valence-corrected chi connectivity index (χ0v) is 18.1. The number of hydrogen-bond donors (Lipinski definition) is 1. The molecule has 3 aromatic rings. The van der Waals surface area contributed by atoms with Crippen LogP contribution in [0.4, 0.5) is 5.13 Å². The number of nitrogens with one attached hydrogen (secondary N) is 1. The molecule has 0 saturated carbocycles. The molecular formula is C21H22N4O3S2. The lowest BCUT2D eigenvalue weighted by molar-refractivity contribution is 0.0730. The van der Waals surface area contributed by atoms with Crippen LogP contribution in [0.15, 0.2) is 63.9 Å². The van der Waals surface area contributed by atoms with Gasteiger partial charge in [-0.3, -0.25) is 5.43 Å². The number of hydrazone groups is 1. The number of anilines is 1. The number of thiazole rings is 1. The van der Waals surface area contributed by atoms with Crippen molar-refractivity contribution in [2.24, 2.45) is 5.10 Å². The fourth-order valence-corrected chi connectivity index (χ4v) is 5.08. The zero-order valence-electron chi connectivity index (χ0n) is 16.5. The largest absolute Gasteiger partial charge is 0.379 e. The van der Waals surface area contributed by atoms with Crippen LogP contribution in [0, 0.1) is 6.92 Å². The van der Waals surface area contributed by atoms with E-state index < -0.39 is 10.0 Å². The molecule has 30 heavy (non-hydrogen) atoms. The molecule has 9 heteroatoms. The molecule has 1 aliphatic heterocycles. The second-order valence-electron chi connectivity index (χ2n) is 6.86. The maximum atomic E-state index is 12.7. The third-order valence-electron chi connectivity index (χ3n) is 4.71. The van der Waals surface area contributed by atoms with E-state index in [-0.39, 0.29) is 4.90 Å². The lowest BCUT2D eigenvalue weighted by Gasteiger charge is -2.26. The summed E-state index contributed by atoms with van der Waals surface area (Å²) in [6.45, 7) is 3.67. The SMILES string of the molecule is Cc1ccc(C=NNc2nc(-c3ccc(S(=O)(=O)N4CCOCC4)cc3)cs2)cc1. The predicted octanol–water partition coefficient (Wildman–Crippen LogP) is 3.59. The zero-order chi connectivity index (χ0) is 21.0. The summed E-state index contributed by atoms with van der Waals surface area (Å²) in [5.74, 6) is 0. The summed E-state index contributed by atoms with van der Waals surface area (Å²) in [6, 6.07) is 14.9. The summed E-state index contributed by atoms with van der Waals surface area (Å²) < 4.78 is 32.1. The van der Waals surface area contributed by atoms with Gasteiger partial charge in [0, 0.05) is 24.0 Å². The van der Waals surface area contributed by atoms with E-state index in [9.17, 15) is 8.42 Å². The Labute approximate surface area is 180 Å². The van der Waals surface area contributed by atoms with Crippen molar-refractivity contribution in [3.8, 4) is 11.3 Å². The average molecular weight is 443 g/mol. The lowest BCUT2D eigenvalue weighted by Crippen LogP contribution is -2.40. The number of sulfonamides is 1. The van der Waals surface area contributed by atoms with Gasteiger partial charge in [-0.05, 0) is 24.6 Å². The van der Waals surface area contributed by atoms with Gasteiger partial charge in [-0.1, -0.05) is 42.0 Å². The van der Waals surface area contributed by atoms with Gasteiger partial charge in [0.15, 0.2) is 0 Å². The normalized spacial score (nSPS) is 15.5. The van der Waals surface area contributed by atoms with Crippen LogP contribution < -0.4 is 5.43 Å². The Bertz CT molecular complexity index is 1120. The van der Waals surface area contributed by atoms with Gasteiger partial charge in [0.1, 0.15) is 0 Å². The highest BCUT2D eigenvalue weighted by Crippen LogP contribution is 2.27. The maximum Gasteiger partial charge on any atom is 0.243 e. The Morgan fingerprint density at radius 2 is 1.80 bits per heavy atom. The van der Waals surface area contributed by atoms with Gasteiger partial charge < -0.3 is 4.74 Å². The summed E-state index contributed by atoms with van der Waals surface area (Å²) in [7, 11) is -3.49. The fraction of sp³-hybridized carbons (Fsp3) is 0.238. The first-order chi connectivity index (χ1) is 14.5. The van der Waals surface area contributed by atoms with E-state index in [4.69, 9.17) is 4.74 Å². The van der Waals surface area contributed by atoms with Crippen LogP contribution in [0.2, 0.25) is 0 Å². The van der Waals surface area contributed by atoms with Gasteiger partial charge in [-0.15, -0.1) is 11.3 Å². The highest BCUT2D eigenvalue weighted by molar-refractivity contribution is 7.89. The van der Waals surface area contributed by atoms with Crippen LogP contribution in [0.25, 0.3) is 11.3 Å². The first kappa shape index (κ1) is 20.7. The quantitative estimate of drug-likeness (QED) is 0.466. The molecule has 1 aromatic heterocycles. The monoisotopic (exact) mass is 442 g/mol. The molecular weight excluding hydrogens is 420 g/mol. The van der Waals surface area contributed by atoms with Crippen LogP contribution in [0.1, 0.15) is 11.1 Å². The van der Waals surface area contributed by atoms with Crippen molar-refractivity contribution in [3.05, 3.63) is 65.0 Å². The lowest BCUT2D eigenvalue weighted by atomic mass is 10.2. The molecule has 0 unspecified atom stereocenters. The van der Waals surface area contributed by atoms with E-state index >= 15 is 0 Å². The number of aryl methyl sites for hydroxylation is 1. The number of hydrogen-bond acceptors (Lipinski definition) is 7. The molecule has 2 aromatic carbocycles. The van der Waals surface area contributed by atoms with Gasteiger partial charge in [0.25, 0.3) is 0 Å². The van der Waals surface area contributed by atoms with Crippen molar-refractivity contribution in [1.82, 2.24) is 9.29 Å². The highest BCUT2D eigenvalue weighted by Gasteiger charge is 2.26. The third kappa shape index (κ3) is 4.76. The van der Waals surface area contributed by atoms with Crippen molar-refractivity contribution in [3.63, 3.8) is 0 Å². The summed E-state index contributed by atoms with van der Waals surface area (Å²) in [5, 5.41) is 6.80. The molecule has 1 N–H and O–H groups in total. The molecule has 0 bridgehead atoms. The van der Waals surface area contributed by atoms with Crippen molar-refractivity contribution < 1.29 is 13.2 Å². The second kappa shape index (κ2) is 9.05. The number of aromatic nitrogens is 1. The summed E-state index contributed by atoms with van der Waals surface area (Å²) in [4.78, 5) is 4.81. The molecule has 4 rings (SSSR count). The Hall–Kier alpha value is -2.59. The molecule has 0 aliphatic carbocycles. The van der Waals surface area contributed by atoms with Crippen LogP contribution in [-0.4, -0.2) is 50.2 Å². The topological polar surface area (TPSA) is 83.9 Å². The van der Waals surface area contributed by atoms with E-state index in [1.807, 2.05) is 36.6 Å². The van der Waals surface area contributed by atoms with Crippen molar-refractivity contribution in [2.75, 3.05) is 31.7 Å². The number of ether oxygens (including phenoxy) is 1. The fourth-order valence-electron chi connectivity index (χ4n) is 3.01. The van der Waals surface area contributed by atoms with E-state index in [1.54, 1.807) is 30.5 Å². The third-order valence-corrected chi connectivity index (χ3v) is 7.37. The summed E-state index contributed by atoms with van der Waals surface area (Å²) >= 11 is 1.44. The molecule has 1 fully saturated rings. The first-order valence-electron chi connectivity index (χ1n) is 9.52. The van der Waals surface area contributed by atoms with Crippen LogP contribution >= 0.6 is 11.3 Å². The molecule has 156 valence electrons. The minimum atomic E-state index is -3.49. The summed E-state index contributed by atoms with van der Waals surface area (Å²) in [6.07, 6.45) is 1.74. The smallest absolute Gasteiger partial charge is 0.243 e. The number of benzene rings is 2. The number of nitrogens with zero attached hydrogens (tertiary/aromatic N) is 3. The van der Waals surface area contributed by atoms with Crippen molar-refractivity contribution in [2.45, 2.75) is 11.8 Å². The molecule has 1 aliphatic rings. The van der Waals surface area contributed by atoms with Crippen LogP contribution in [-0.2, 0) is 14.8 Å². The second-order valence-corrected chi connectivity index (χ2v) is 9.66. The van der Waals surface area contributed by atoms with Crippen LogP contribution in [0.3, 0.4) is 0 Å². The van der Waals surface area contributed by atoms with E-state index in [0.717, 1.165) is 16.8 Å². The van der Waals surface area contributed by atoms with Gasteiger partial charge >= 0.3 is 0 Å². The maximum absolute atomic E-state index is 12.7. The average Bonchev–Trinajstić information content (AvgIpc) is 3.25. The Balaban J connectivity index is 1.42. The number of morpholine rings is 1. The minimum absolute atomic E-state index is 0.282. The first-order valence-corrected chi connectivity index (χ1v) is 11.8. The molecule has 7 nitrogen and oxygen atoms in total. The molecule has 0 amide bonds. The van der Waals surface area contributed by atoms with E-state index in [1.165, 1.54) is 21.2 Å².